The number of rotatable bonds is 4. The molecule has 2 aromatic rings. The summed E-state index contributed by atoms with van der Waals surface area (Å²) in [6.07, 6.45) is 3.63. The van der Waals surface area contributed by atoms with E-state index in [0.717, 1.165) is 12.1 Å². The summed E-state index contributed by atoms with van der Waals surface area (Å²) in [5.41, 5.74) is -0.348. The molecule has 0 unspecified atom stereocenters. The van der Waals surface area contributed by atoms with Crippen LogP contribution in [0.4, 0.5) is 14.7 Å². The van der Waals surface area contributed by atoms with Crippen LogP contribution in [0.3, 0.4) is 0 Å². The van der Waals surface area contributed by atoms with Gasteiger partial charge in [-0.05, 0) is 31.0 Å². The van der Waals surface area contributed by atoms with Crippen LogP contribution in [0.25, 0.3) is 0 Å². The summed E-state index contributed by atoms with van der Waals surface area (Å²) in [7, 11) is 1.51. The van der Waals surface area contributed by atoms with Crippen LogP contribution < -0.4 is 10.6 Å². The number of benzene rings is 1. The smallest absolute Gasteiger partial charge is 0.254 e. The predicted octanol–water partition coefficient (Wildman–Crippen LogP) is 2.23. The molecule has 1 fully saturated rings. The Morgan fingerprint density at radius 2 is 1.88 bits per heavy atom. The Morgan fingerprint density at radius 1 is 1.20 bits per heavy atom. The summed E-state index contributed by atoms with van der Waals surface area (Å²) in [6, 6.07) is 3.38. The van der Waals surface area contributed by atoms with E-state index in [1.807, 2.05) is 0 Å². The van der Waals surface area contributed by atoms with E-state index in [1.165, 1.54) is 25.5 Å². The zero-order chi connectivity index (χ0) is 17.9. The maximum absolute atomic E-state index is 14.4. The SMILES string of the molecule is CNC(=O)c1cnc(NC2(c3cc(F)ccc3F)CCOCC2)nc1. The normalized spacial score (nSPS) is 16.3. The third-order valence-electron chi connectivity index (χ3n) is 4.28. The van der Waals surface area contributed by atoms with Crippen molar-refractivity contribution in [2.75, 3.05) is 25.6 Å². The van der Waals surface area contributed by atoms with Gasteiger partial charge in [-0.3, -0.25) is 4.79 Å². The number of aromatic nitrogens is 2. The van der Waals surface area contributed by atoms with Crippen molar-refractivity contribution in [3.63, 3.8) is 0 Å². The number of hydrogen-bond acceptors (Lipinski definition) is 5. The Bertz CT molecular complexity index is 762. The molecule has 1 aliphatic rings. The molecule has 0 aliphatic carbocycles. The molecule has 2 N–H and O–H groups in total. The third kappa shape index (κ3) is 3.58. The van der Waals surface area contributed by atoms with E-state index in [0.29, 0.717) is 31.6 Å². The number of carbonyl (C=O) groups is 1. The van der Waals surface area contributed by atoms with E-state index in [9.17, 15) is 13.6 Å². The van der Waals surface area contributed by atoms with E-state index in [-0.39, 0.29) is 17.4 Å². The van der Waals surface area contributed by atoms with Crippen molar-refractivity contribution < 1.29 is 18.3 Å². The topological polar surface area (TPSA) is 76.1 Å². The van der Waals surface area contributed by atoms with E-state index < -0.39 is 17.2 Å². The van der Waals surface area contributed by atoms with E-state index >= 15 is 0 Å². The molecule has 1 aromatic heterocycles. The molecule has 8 heteroatoms. The molecule has 25 heavy (non-hydrogen) atoms. The highest BCUT2D eigenvalue weighted by Gasteiger charge is 2.37. The van der Waals surface area contributed by atoms with E-state index in [4.69, 9.17) is 4.74 Å². The predicted molar refractivity (Wildman–Crippen MR) is 87.1 cm³/mol. The molecule has 132 valence electrons. The molecule has 0 saturated carbocycles. The Hall–Kier alpha value is -2.61. The number of hydrogen-bond donors (Lipinski definition) is 2. The highest BCUT2D eigenvalue weighted by molar-refractivity contribution is 5.93. The van der Waals surface area contributed by atoms with Gasteiger partial charge in [0.15, 0.2) is 0 Å². The minimum atomic E-state index is -0.876. The third-order valence-corrected chi connectivity index (χ3v) is 4.28. The number of anilines is 1. The zero-order valence-electron chi connectivity index (χ0n) is 13.7. The largest absolute Gasteiger partial charge is 0.381 e. The summed E-state index contributed by atoms with van der Waals surface area (Å²) in [4.78, 5) is 19.8. The summed E-state index contributed by atoms with van der Waals surface area (Å²) < 4.78 is 33.4. The first kappa shape index (κ1) is 17.2. The lowest BCUT2D eigenvalue weighted by atomic mass is 9.82. The van der Waals surface area contributed by atoms with Gasteiger partial charge in [-0.25, -0.2) is 18.7 Å². The maximum atomic E-state index is 14.4. The van der Waals surface area contributed by atoms with Gasteiger partial charge in [0.25, 0.3) is 5.91 Å². The maximum Gasteiger partial charge on any atom is 0.254 e. The molecular formula is C17H18F2N4O2. The number of nitrogens with zero attached hydrogens (tertiary/aromatic N) is 2. The number of nitrogens with one attached hydrogen (secondary N) is 2. The molecular weight excluding hydrogens is 330 g/mol. The second kappa shape index (κ2) is 7.10. The number of carbonyl (C=O) groups excluding carboxylic acids is 1. The van der Waals surface area contributed by atoms with Gasteiger partial charge in [-0.1, -0.05) is 0 Å². The van der Waals surface area contributed by atoms with Gasteiger partial charge >= 0.3 is 0 Å². The number of amides is 1. The van der Waals surface area contributed by atoms with Crippen LogP contribution in [0.5, 0.6) is 0 Å². The average Bonchev–Trinajstić information content (AvgIpc) is 2.64. The Morgan fingerprint density at radius 3 is 2.52 bits per heavy atom. The molecule has 0 spiro atoms. The average molecular weight is 348 g/mol. The fraction of sp³-hybridized carbons (Fsp3) is 0.353. The monoisotopic (exact) mass is 348 g/mol. The lowest BCUT2D eigenvalue weighted by molar-refractivity contribution is 0.0579. The molecule has 6 nitrogen and oxygen atoms in total. The lowest BCUT2D eigenvalue weighted by Crippen LogP contribution is -2.42. The van der Waals surface area contributed by atoms with Crippen LogP contribution in [0, 0.1) is 11.6 Å². The van der Waals surface area contributed by atoms with Crippen LogP contribution in [0.2, 0.25) is 0 Å². The molecule has 1 aromatic carbocycles. The van der Waals surface area contributed by atoms with Crippen LogP contribution in [-0.2, 0) is 10.3 Å². The summed E-state index contributed by atoms with van der Waals surface area (Å²) in [5.74, 6) is -1.08. The summed E-state index contributed by atoms with van der Waals surface area (Å²) >= 11 is 0. The highest BCUT2D eigenvalue weighted by Crippen LogP contribution is 2.36. The van der Waals surface area contributed by atoms with E-state index in [1.54, 1.807) is 0 Å². The molecule has 0 radical (unpaired) electrons. The molecule has 0 atom stereocenters. The quantitative estimate of drug-likeness (QED) is 0.886. The van der Waals surface area contributed by atoms with Gasteiger partial charge in [0.2, 0.25) is 5.95 Å². The molecule has 1 aliphatic heterocycles. The van der Waals surface area contributed by atoms with Crippen molar-refractivity contribution >= 4 is 11.9 Å². The van der Waals surface area contributed by atoms with Crippen molar-refractivity contribution in [2.45, 2.75) is 18.4 Å². The summed E-state index contributed by atoms with van der Waals surface area (Å²) in [5, 5.41) is 5.60. The van der Waals surface area contributed by atoms with Gasteiger partial charge in [-0.15, -0.1) is 0 Å². The Labute approximate surface area is 143 Å². The van der Waals surface area contributed by atoms with Crippen molar-refractivity contribution in [1.29, 1.82) is 0 Å². The standard InChI is InChI=1S/C17H18F2N4O2/c1-20-15(24)11-9-21-16(22-10-11)23-17(4-6-25-7-5-17)13-8-12(18)2-3-14(13)19/h2-3,8-10H,4-7H2,1H3,(H,20,24)(H,21,22,23). The first-order chi connectivity index (χ1) is 12.0. The molecule has 1 amide bonds. The Kier molecular flexibility index (Phi) is 4.89. The molecule has 2 heterocycles. The van der Waals surface area contributed by atoms with Crippen LogP contribution in [-0.4, -0.2) is 36.1 Å². The second-order valence-corrected chi connectivity index (χ2v) is 5.82. The minimum Gasteiger partial charge on any atom is -0.381 e. The molecule has 0 bridgehead atoms. The van der Waals surface area contributed by atoms with Crippen LogP contribution in [0.15, 0.2) is 30.6 Å². The van der Waals surface area contributed by atoms with Gasteiger partial charge in [0.1, 0.15) is 11.6 Å². The van der Waals surface area contributed by atoms with Crippen molar-refractivity contribution in [2.24, 2.45) is 0 Å². The van der Waals surface area contributed by atoms with Gasteiger partial charge < -0.3 is 15.4 Å². The van der Waals surface area contributed by atoms with Crippen LogP contribution >= 0.6 is 0 Å². The second-order valence-electron chi connectivity index (χ2n) is 5.82. The van der Waals surface area contributed by atoms with E-state index in [2.05, 4.69) is 20.6 Å². The molecule has 3 rings (SSSR count). The number of ether oxygens (including phenoxy) is 1. The van der Waals surface area contributed by atoms with Crippen molar-refractivity contribution in [3.05, 3.63) is 53.4 Å². The fourth-order valence-corrected chi connectivity index (χ4v) is 2.91. The highest BCUT2D eigenvalue weighted by atomic mass is 19.1. The van der Waals surface area contributed by atoms with Crippen LogP contribution in [0.1, 0.15) is 28.8 Å². The lowest BCUT2D eigenvalue weighted by Gasteiger charge is -2.38. The van der Waals surface area contributed by atoms with Crippen molar-refractivity contribution in [1.82, 2.24) is 15.3 Å². The first-order valence-corrected chi connectivity index (χ1v) is 7.90. The van der Waals surface area contributed by atoms with Gasteiger partial charge in [0.05, 0.1) is 11.1 Å². The summed E-state index contributed by atoms with van der Waals surface area (Å²) in [6.45, 7) is 0.804. The molecule has 1 saturated heterocycles. The fourth-order valence-electron chi connectivity index (χ4n) is 2.91. The van der Waals surface area contributed by atoms with Gasteiger partial charge in [-0.2, -0.15) is 0 Å². The first-order valence-electron chi connectivity index (χ1n) is 7.90. The Balaban J connectivity index is 1.94. The van der Waals surface area contributed by atoms with Crippen molar-refractivity contribution in [3.8, 4) is 0 Å². The minimum absolute atomic E-state index is 0.217. The van der Waals surface area contributed by atoms with Gasteiger partial charge in [0, 0.05) is 38.2 Å². The zero-order valence-corrected chi connectivity index (χ0v) is 13.7. The number of halogens is 2.